The number of thiazole rings is 1. The maximum absolute atomic E-state index is 12.7. The molecule has 8 heteroatoms. The molecule has 1 aromatic heterocycles. The second-order valence-electron chi connectivity index (χ2n) is 7.05. The molecule has 0 spiro atoms. The summed E-state index contributed by atoms with van der Waals surface area (Å²) in [5.41, 5.74) is 4.44. The second-order valence-corrected chi connectivity index (χ2v) is 7.77. The van der Waals surface area contributed by atoms with Crippen LogP contribution in [0, 0.1) is 5.92 Å². The van der Waals surface area contributed by atoms with Gasteiger partial charge in [0.05, 0.1) is 24.2 Å². The molecule has 154 valence electrons. The summed E-state index contributed by atoms with van der Waals surface area (Å²) in [6.45, 7) is 1.07. The van der Waals surface area contributed by atoms with Crippen LogP contribution in [-0.4, -0.2) is 47.9 Å². The van der Waals surface area contributed by atoms with Crippen molar-refractivity contribution < 1.29 is 19.1 Å². The lowest BCUT2D eigenvalue weighted by Crippen LogP contribution is -2.43. The van der Waals surface area contributed by atoms with Gasteiger partial charge in [-0.1, -0.05) is 12.1 Å². The molecule has 1 N–H and O–H groups in total. The number of anilines is 1. The minimum absolute atomic E-state index is 0.0148. The van der Waals surface area contributed by atoms with E-state index in [1.165, 1.54) is 7.11 Å². The highest BCUT2D eigenvalue weighted by atomic mass is 32.1. The maximum Gasteiger partial charge on any atom is 0.305 e. The fourth-order valence-corrected chi connectivity index (χ4v) is 3.95. The van der Waals surface area contributed by atoms with E-state index < -0.39 is 0 Å². The summed E-state index contributed by atoms with van der Waals surface area (Å²) in [5.74, 6) is -0.626. The number of amides is 2. The quantitative estimate of drug-likeness (QED) is 0.701. The van der Waals surface area contributed by atoms with Gasteiger partial charge in [-0.3, -0.25) is 14.4 Å². The van der Waals surface area contributed by atoms with Crippen molar-refractivity contribution in [3.63, 3.8) is 0 Å². The lowest BCUT2D eigenvalue weighted by atomic mass is 9.96. The Hall–Kier alpha value is -2.74. The van der Waals surface area contributed by atoms with Crippen LogP contribution in [0.4, 0.5) is 5.69 Å². The number of carbonyl (C=O) groups is 3. The molecule has 1 aliphatic heterocycles. The van der Waals surface area contributed by atoms with E-state index in [1.807, 2.05) is 29.6 Å². The minimum atomic E-state index is -0.311. The van der Waals surface area contributed by atoms with E-state index in [1.54, 1.807) is 21.7 Å². The van der Waals surface area contributed by atoms with Gasteiger partial charge in [-0.2, -0.15) is 0 Å². The Kier molecular flexibility index (Phi) is 7.35. The van der Waals surface area contributed by atoms with Gasteiger partial charge in [0.2, 0.25) is 11.8 Å². The largest absolute Gasteiger partial charge is 0.469 e. The number of ether oxygens (including phenoxy) is 1. The number of rotatable bonds is 7. The average molecular weight is 416 g/mol. The zero-order chi connectivity index (χ0) is 20.6. The highest BCUT2D eigenvalue weighted by molar-refractivity contribution is 7.07. The molecule has 7 nitrogen and oxygen atoms in total. The molecule has 0 bridgehead atoms. The van der Waals surface area contributed by atoms with Crippen molar-refractivity contribution in [1.29, 1.82) is 0 Å². The summed E-state index contributed by atoms with van der Waals surface area (Å²) in [7, 11) is 1.34. The molecule has 3 rings (SSSR count). The van der Waals surface area contributed by atoms with Crippen molar-refractivity contribution in [3.05, 3.63) is 35.2 Å². The Morgan fingerprint density at radius 3 is 2.72 bits per heavy atom. The molecule has 0 radical (unpaired) electrons. The molecule has 0 aliphatic carbocycles. The Labute approximate surface area is 174 Å². The van der Waals surface area contributed by atoms with Crippen LogP contribution in [0.5, 0.6) is 0 Å². The van der Waals surface area contributed by atoms with Gasteiger partial charge in [0, 0.05) is 42.6 Å². The Morgan fingerprint density at radius 2 is 2.03 bits per heavy atom. The fourth-order valence-electron chi connectivity index (χ4n) is 3.39. The number of aromatic nitrogens is 1. The third-order valence-corrected chi connectivity index (χ3v) is 5.61. The monoisotopic (exact) mass is 415 g/mol. The van der Waals surface area contributed by atoms with Crippen molar-refractivity contribution >= 4 is 34.8 Å². The third-order valence-electron chi connectivity index (χ3n) is 5.02. The lowest BCUT2D eigenvalue weighted by molar-refractivity contribution is -0.141. The van der Waals surface area contributed by atoms with E-state index in [9.17, 15) is 14.4 Å². The highest BCUT2D eigenvalue weighted by Crippen LogP contribution is 2.23. The van der Waals surface area contributed by atoms with E-state index >= 15 is 0 Å². The van der Waals surface area contributed by atoms with Gasteiger partial charge in [0.25, 0.3) is 0 Å². The fraction of sp³-hybridized carbons (Fsp3) is 0.429. The molecule has 2 aromatic rings. The van der Waals surface area contributed by atoms with Gasteiger partial charge in [-0.25, -0.2) is 4.98 Å². The van der Waals surface area contributed by atoms with Crippen molar-refractivity contribution in [2.75, 3.05) is 25.5 Å². The third kappa shape index (κ3) is 5.87. The lowest BCUT2D eigenvalue weighted by Gasteiger charge is -2.32. The van der Waals surface area contributed by atoms with E-state index in [0.717, 1.165) is 29.8 Å². The van der Waals surface area contributed by atoms with Gasteiger partial charge < -0.3 is 15.0 Å². The number of likely N-dealkylation sites (tertiary alicyclic amines) is 1. The smallest absolute Gasteiger partial charge is 0.305 e. The number of hydrogen-bond acceptors (Lipinski definition) is 6. The topological polar surface area (TPSA) is 88.6 Å². The molecule has 1 fully saturated rings. The SMILES string of the molecule is COC(=O)CCCC(=O)N1CCC[C@@H](C(=O)Nc2ccc(-c3cscn3)cc2)C1. The van der Waals surface area contributed by atoms with Crippen molar-refractivity contribution in [3.8, 4) is 11.3 Å². The predicted molar refractivity (Wildman–Crippen MR) is 111 cm³/mol. The van der Waals surface area contributed by atoms with Crippen LogP contribution < -0.4 is 5.32 Å². The molecule has 0 unspecified atom stereocenters. The van der Waals surface area contributed by atoms with E-state index in [0.29, 0.717) is 25.9 Å². The number of carbonyl (C=O) groups excluding carboxylic acids is 3. The molecule has 1 aromatic carbocycles. The van der Waals surface area contributed by atoms with E-state index in [2.05, 4.69) is 15.0 Å². The summed E-state index contributed by atoms with van der Waals surface area (Å²) in [6.07, 6.45) is 2.54. The molecule has 2 amide bonds. The first-order valence-corrected chi connectivity index (χ1v) is 10.6. The molecule has 1 saturated heterocycles. The van der Waals surface area contributed by atoms with Crippen LogP contribution in [0.2, 0.25) is 0 Å². The normalized spacial score (nSPS) is 16.3. The van der Waals surface area contributed by atoms with Gasteiger partial charge in [-0.05, 0) is 31.4 Å². The molecule has 1 atom stereocenters. The zero-order valence-corrected chi connectivity index (χ0v) is 17.2. The second kappa shape index (κ2) is 10.2. The molecule has 29 heavy (non-hydrogen) atoms. The predicted octanol–water partition coefficient (Wildman–Crippen LogP) is 3.33. The van der Waals surface area contributed by atoms with Crippen LogP contribution in [0.1, 0.15) is 32.1 Å². The summed E-state index contributed by atoms with van der Waals surface area (Å²) < 4.78 is 4.59. The van der Waals surface area contributed by atoms with Crippen LogP contribution >= 0.6 is 11.3 Å². The van der Waals surface area contributed by atoms with Gasteiger partial charge in [0.1, 0.15) is 0 Å². The van der Waals surface area contributed by atoms with E-state index in [4.69, 9.17) is 0 Å². The number of benzene rings is 1. The summed E-state index contributed by atoms with van der Waals surface area (Å²) in [4.78, 5) is 42.2. The molecular weight excluding hydrogens is 390 g/mol. The first kappa shape index (κ1) is 21.0. The van der Waals surface area contributed by atoms with Crippen molar-refractivity contribution in [2.24, 2.45) is 5.92 Å². The van der Waals surface area contributed by atoms with Crippen LogP contribution in [-0.2, 0) is 19.1 Å². The Bertz CT molecular complexity index is 836. The Balaban J connectivity index is 1.50. The number of nitrogens with zero attached hydrogens (tertiary/aromatic N) is 2. The zero-order valence-electron chi connectivity index (χ0n) is 16.4. The Morgan fingerprint density at radius 1 is 1.24 bits per heavy atom. The molecule has 1 aliphatic rings. The van der Waals surface area contributed by atoms with Gasteiger partial charge in [-0.15, -0.1) is 11.3 Å². The first-order chi connectivity index (χ1) is 14.1. The molecular formula is C21H25N3O4S. The number of methoxy groups -OCH3 is 1. The maximum atomic E-state index is 12.7. The summed E-state index contributed by atoms with van der Waals surface area (Å²) >= 11 is 1.54. The van der Waals surface area contributed by atoms with Crippen LogP contribution in [0.25, 0.3) is 11.3 Å². The van der Waals surface area contributed by atoms with E-state index in [-0.39, 0.29) is 30.1 Å². The number of hydrogen-bond donors (Lipinski definition) is 1. The van der Waals surface area contributed by atoms with Crippen LogP contribution in [0.15, 0.2) is 35.2 Å². The first-order valence-electron chi connectivity index (χ1n) is 9.71. The highest BCUT2D eigenvalue weighted by Gasteiger charge is 2.28. The minimum Gasteiger partial charge on any atom is -0.469 e. The summed E-state index contributed by atoms with van der Waals surface area (Å²) in [5, 5.41) is 4.93. The molecule has 0 saturated carbocycles. The number of nitrogens with one attached hydrogen (secondary N) is 1. The standard InChI is InChI=1S/C21H25N3O4S/c1-28-20(26)6-2-5-19(25)24-11-3-4-16(12-24)21(27)23-17-9-7-15(8-10-17)18-13-29-14-22-18/h7-10,13-14,16H,2-6,11-12H2,1H3,(H,23,27)/t16-/m1/s1. The summed E-state index contributed by atoms with van der Waals surface area (Å²) in [6, 6.07) is 7.60. The number of piperidine rings is 1. The average Bonchev–Trinajstić information content (AvgIpc) is 3.29. The van der Waals surface area contributed by atoms with Crippen LogP contribution in [0.3, 0.4) is 0 Å². The van der Waals surface area contributed by atoms with Gasteiger partial charge in [0.15, 0.2) is 0 Å². The van der Waals surface area contributed by atoms with Crippen molar-refractivity contribution in [1.82, 2.24) is 9.88 Å². The van der Waals surface area contributed by atoms with Crippen molar-refractivity contribution in [2.45, 2.75) is 32.1 Å². The molecule has 2 heterocycles. The van der Waals surface area contributed by atoms with Gasteiger partial charge >= 0.3 is 5.97 Å². The number of esters is 1.